The van der Waals surface area contributed by atoms with Crippen LogP contribution < -0.4 is 14.7 Å². The highest BCUT2D eigenvalue weighted by Gasteiger charge is 2.30. The van der Waals surface area contributed by atoms with Gasteiger partial charge in [-0.2, -0.15) is 9.36 Å². The lowest BCUT2D eigenvalue weighted by molar-refractivity contribution is 0.0601. The minimum Gasteiger partial charge on any atom is -0.465 e. The third kappa shape index (κ3) is 4.53. The van der Waals surface area contributed by atoms with Crippen LogP contribution >= 0.6 is 11.5 Å². The van der Waals surface area contributed by atoms with Gasteiger partial charge in [0.05, 0.1) is 12.7 Å². The summed E-state index contributed by atoms with van der Waals surface area (Å²) >= 11 is 1.51. The van der Waals surface area contributed by atoms with Crippen molar-refractivity contribution < 1.29 is 9.53 Å². The van der Waals surface area contributed by atoms with E-state index in [-0.39, 0.29) is 5.97 Å². The summed E-state index contributed by atoms with van der Waals surface area (Å²) in [5.74, 6) is 2.15. The van der Waals surface area contributed by atoms with Crippen LogP contribution in [0.5, 0.6) is 0 Å². The van der Waals surface area contributed by atoms with Crippen molar-refractivity contribution in [1.29, 1.82) is 0 Å². The van der Waals surface area contributed by atoms with Gasteiger partial charge < -0.3 is 19.4 Å². The third-order valence-electron chi connectivity index (χ3n) is 6.47. The number of aromatic nitrogens is 2. The molecule has 2 aliphatic heterocycles. The van der Waals surface area contributed by atoms with Gasteiger partial charge in [0.25, 0.3) is 0 Å². The molecular formula is C22H31N5O2S. The molecule has 1 aromatic heterocycles. The molecule has 0 N–H and O–H groups in total. The van der Waals surface area contributed by atoms with Gasteiger partial charge in [-0.3, -0.25) is 0 Å². The Bertz CT molecular complexity index is 837. The molecule has 7 nitrogen and oxygen atoms in total. The SMILES string of the molecule is COC(=O)c1ccc(N2CCC(C3CCN(c4nc(N(C)C)ns4)CC3)CC2)cc1. The maximum Gasteiger partial charge on any atom is 0.337 e. The zero-order valence-electron chi connectivity index (χ0n) is 18.1. The second-order valence-electron chi connectivity index (χ2n) is 8.46. The van der Waals surface area contributed by atoms with Crippen LogP contribution in [0.15, 0.2) is 24.3 Å². The van der Waals surface area contributed by atoms with E-state index in [1.54, 1.807) is 0 Å². The topological polar surface area (TPSA) is 61.8 Å². The molecule has 0 atom stereocenters. The van der Waals surface area contributed by atoms with Crippen molar-refractivity contribution in [2.24, 2.45) is 11.8 Å². The van der Waals surface area contributed by atoms with E-state index in [1.807, 2.05) is 43.3 Å². The summed E-state index contributed by atoms with van der Waals surface area (Å²) in [5, 5.41) is 1.06. The van der Waals surface area contributed by atoms with Crippen molar-refractivity contribution in [1.82, 2.24) is 9.36 Å². The first kappa shape index (κ1) is 20.9. The van der Waals surface area contributed by atoms with Crippen molar-refractivity contribution >= 4 is 34.3 Å². The van der Waals surface area contributed by atoms with Crippen molar-refractivity contribution in [2.45, 2.75) is 25.7 Å². The smallest absolute Gasteiger partial charge is 0.337 e. The van der Waals surface area contributed by atoms with Gasteiger partial charge >= 0.3 is 5.97 Å². The van der Waals surface area contributed by atoms with Gasteiger partial charge in [-0.15, -0.1) is 0 Å². The molecule has 0 spiro atoms. The standard InChI is InChI=1S/C22H31N5O2S/c1-25(2)21-23-22(30-24-21)27-14-10-17(11-15-27)16-8-12-26(13-9-16)19-6-4-18(5-7-19)20(28)29-3/h4-7,16-17H,8-15H2,1-3H3. The highest BCUT2D eigenvalue weighted by molar-refractivity contribution is 7.09. The van der Waals surface area contributed by atoms with Crippen LogP contribution in [-0.4, -0.2) is 62.7 Å². The zero-order valence-corrected chi connectivity index (χ0v) is 18.9. The molecule has 0 saturated carbocycles. The van der Waals surface area contributed by atoms with Crippen LogP contribution in [0.2, 0.25) is 0 Å². The minimum absolute atomic E-state index is 0.280. The first-order valence-electron chi connectivity index (χ1n) is 10.7. The Morgan fingerprint density at radius 2 is 1.57 bits per heavy atom. The molecule has 0 amide bonds. The van der Waals surface area contributed by atoms with E-state index in [1.165, 1.54) is 50.0 Å². The van der Waals surface area contributed by atoms with Gasteiger partial charge in [-0.25, -0.2) is 4.79 Å². The van der Waals surface area contributed by atoms with Gasteiger partial charge in [-0.05, 0) is 61.8 Å². The van der Waals surface area contributed by atoms with E-state index in [0.717, 1.165) is 49.1 Å². The summed E-state index contributed by atoms with van der Waals surface area (Å²) in [6.07, 6.45) is 4.98. The van der Waals surface area contributed by atoms with Crippen molar-refractivity contribution in [3.63, 3.8) is 0 Å². The highest BCUT2D eigenvalue weighted by atomic mass is 32.1. The minimum atomic E-state index is -0.280. The Kier molecular flexibility index (Phi) is 6.41. The molecule has 2 saturated heterocycles. The lowest BCUT2D eigenvalue weighted by Gasteiger charge is -2.40. The number of anilines is 3. The molecule has 3 heterocycles. The number of rotatable bonds is 5. The van der Waals surface area contributed by atoms with Crippen LogP contribution in [0.3, 0.4) is 0 Å². The Labute approximate surface area is 182 Å². The van der Waals surface area contributed by atoms with Gasteiger partial charge in [0.1, 0.15) is 0 Å². The number of nitrogens with zero attached hydrogens (tertiary/aromatic N) is 5. The molecule has 1 aromatic carbocycles. The van der Waals surface area contributed by atoms with E-state index < -0.39 is 0 Å². The largest absolute Gasteiger partial charge is 0.465 e. The fourth-order valence-electron chi connectivity index (χ4n) is 4.64. The monoisotopic (exact) mass is 429 g/mol. The molecule has 2 aliphatic rings. The zero-order chi connectivity index (χ0) is 21.1. The van der Waals surface area contributed by atoms with Gasteiger partial charge in [-0.1, -0.05) is 0 Å². The highest BCUT2D eigenvalue weighted by Crippen LogP contribution is 2.35. The second kappa shape index (κ2) is 9.20. The number of hydrogen-bond acceptors (Lipinski definition) is 8. The first-order valence-corrected chi connectivity index (χ1v) is 11.5. The van der Waals surface area contributed by atoms with Crippen LogP contribution in [0, 0.1) is 11.8 Å². The van der Waals surface area contributed by atoms with Crippen molar-refractivity contribution in [2.75, 3.05) is 62.1 Å². The molecule has 30 heavy (non-hydrogen) atoms. The Morgan fingerprint density at radius 1 is 1.00 bits per heavy atom. The van der Waals surface area contributed by atoms with Crippen molar-refractivity contribution in [3.8, 4) is 0 Å². The predicted octanol–water partition coefficient (Wildman–Crippen LogP) is 3.52. The summed E-state index contributed by atoms with van der Waals surface area (Å²) in [4.78, 5) is 23.1. The van der Waals surface area contributed by atoms with Crippen LogP contribution in [0.25, 0.3) is 0 Å². The van der Waals surface area contributed by atoms with Gasteiger partial charge in [0.2, 0.25) is 11.1 Å². The number of benzene rings is 1. The lowest BCUT2D eigenvalue weighted by atomic mass is 9.79. The van der Waals surface area contributed by atoms with Crippen LogP contribution in [0.1, 0.15) is 36.0 Å². The fourth-order valence-corrected chi connectivity index (χ4v) is 5.42. The third-order valence-corrected chi connectivity index (χ3v) is 7.24. The number of esters is 1. The Hall–Kier alpha value is -2.35. The van der Waals surface area contributed by atoms with E-state index in [0.29, 0.717) is 5.56 Å². The number of carbonyl (C=O) groups is 1. The second-order valence-corrected chi connectivity index (χ2v) is 9.19. The summed E-state index contributed by atoms with van der Waals surface area (Å²) in [6.45, 7) is 4.35. The Morgan fingerprint density at radius 3 is 2.07 bits per heavy atom. The number of ether oxygens (including phenoxy) is 1. The molecule has 0 aliphatic carbocycles. The maximum absolute atomic E-state index is 11.6. The number of piperidine rings is 2. The van der Waals surface area contributed by atoms with Gasteiger partial charge in [0.15, 0.2) is 0 Å². The molecule has 0 radical (unpaired) electrons. The first-order chi connectivity index (χ1) is 14.5. The molecule has 4 rings (SSSR count). The van der Waals surface area contributed by atoms with E-state index in [9.17, 15) is 4.79 Å². The summed E-state index contributed by atoms with van der Waals surface area (Å²) in [7, 11) is 5.39. The van der Waals surface area contributed by atoms with E-state index in [4.69, 9.17) is 4.74 Å². The predicted molar refractivity (Wildman–Crippen MR) is 122 cm³/mol. The molecule has 2 fully saturated rings. The van der Waals surface area contributed by atoms with Crippen LogP contribution in [-0.2, 0) is 4.74 Å². The average Bonchev–Trinajstić information content (AvgIpc) is 3.30. The summed E-state index contributed by atoms with van der Waals surface area (Å²) < 4.78 is 9.23. The quantitative estimate of drug-likeness (QED) is 0.674. The lowest BCUT2D eigenvalue weighted by Crippen LogP contribution is -2.41. The Balaban J connectivity index is 1.26. The van der Waals surface area contributed by atoms with Gasteiger partial charge in [0, 0.05) is 57.5 Å². The maximum atomic E-state index is 11.6. The normalized spacial score (nSPS) is 18.5. The van der Waals surface area contributed by atoms with Crippen LogP contribution in [0.4, 0.5) is 16.8 Å². The number of methoxy groups -OCH3 is 1. The summed E-state index contributed by atoms with van der Waals surface area (Å²) in [6, 6.07) is 7.79. The van der Waals surface area contributed by atoms with E-state index in [2.05, 4.69) is 19.2 Å². The molecule has 0 bridgehead atoms. The number of hydrogen-bond donors (Lipinski definition) is 0. The van der Waals surface area contributed by atoms with E-state index >= 15 is 0 Å². The molecule has 2 aromatic rings. The number of carbonyl (C=O) groups excluding carboxylic acids is 1. The molecule has 162 valence electrons. The molecule has 8 heteroatoms. The fraction of sp³-hybridized carbons (Fsp3) is 0.591. The van der Waals surface area contributed by atoms with Crippen molar-refractivity contribution in [3.05, 3.63) is 29.8 Å². The summed E-state index contributed by atoms with van der Waals surface area (Å²) in [5.41, 5.74) is 1.81. The molecular weight excluding hydrogens is 398 g/mol. The molecule has 0 unspecified atom stereocenters. The average molecular weight is 430 g/mol.